The lowest BCUT2D eigenvalue weighted by Crippen LogP contribution is -2.35. The minimum Gasteiger partial charge on any atom is -0.490 e. The van der Waals surface area contributed by atoms with Crippen molar-refractivity contribution in [1.29, 1.82) is 0 Å². The number of carbonyl (C=O) groups is 1. The van der Waals surface area contributed by atoms with Gasteiger partial charge in [0.05, 0.1) is 11.7 Å². The summed E-state index contributed by atoms with van der Waals surface area (Å²) in [6, 6.07) is 7.29. The number of hydrogen-bond donors (Lipinski definition) is 0. The molecule has 0 unspecified atom stereocenters. The van der Waals surface area contributed by atoms with E-state index >= 15 is 0 Å². The molecule has 0 radical (unpaired) electrons. The minimum absolute atomic E-state index is 0.0363. The molecule has 0 aromatic heterocycles. The van der Waals surface area contributed by atoms with Crippen molar-refractivity contribution in [3.8, 4) is 5.75 Å². The number of carbonyl (C=O) groups excluding carboxylic acids is 1. The maximum absolute atomic E-state index is 12.5. The van der Waals surface area contributed by atoms with Gasteiger partial charge in [0, 0.05) is 6.61 Å². The van der Waals surface area contributed by atoms with E-state index in [4.69, 9.17) is 9.47 Å². The summed E-state index contributed by atoms with van der Waals surface area (Å²) in [7, 11) is 0. The van der Waals surface area contributed by atoms with Crippen molar-refractivity contribution in [2.24, 2.45) is 0 Å². The van der Waals surface area contributed by atoms with Crippen LogP contribution in [0.5, 0.6) is 5.75 Å². The Labute approximate surface area is 109 Å². The van der Waals surface area contributed by atoms with Gasteiger partial charge in [0.25, 0.3) is 0 Å². The highest BCUT2D eigenvalue weighted by molar-refractivity contribution is 6.04. The molecule has 0 spiro atoms. The Morgan fingerprint density at radius 1 is 1.28 bits per heavy atom. The molecule has 18 heavy (non-hydrogen) atoms. The van der Waals surface area contributed by atoms with Gasteiger partial charge >= 0.3 is 0 Å². The molecule has 0 saturated heterocycles. The molecule has 0 heterocycles. The largest absolute Gasteiger partial charge is 0.490 e. The normalized spacial score (nSPS) is 11.7. The van der Waals surface area contributed by atoms with Crippen molar-refractivity contribution in [3.05, 3.63) is 29.8 Å². The fourth-order valence-corrected chi connectivity index (χ4v) is 1.76. The molecule has 1 rings (SSSR count). The summed E-state index contributed by atoms with van der Waals surface area (Å²) >= 11 is 0. The van der Waals surface area contributed by atoms with E-state index in [0.717, 1.165) is 0 Å². The van der Waals surface area contributed by atoms with Crippen LogP contribution in [-0.2, 0) is 4.74 Å². The number of para-hydroxylation sites is 1. The predicted molar refractivity (Wildman–Crippen MR) is 72.2 cm³/mol. The summed E-state index contributed by atoms with van der Waals surface area (Å²) in [5.41, 5.74) is -0.254. The molecule has 0 aliphatic rings. The molecule has 0 aliphatic heterocycles. The molecule has 0 N–H and O–H groups in total. The van der Waals surface area contributed by atoms with Crippen molar-refractivity contribution in [2.45, 2.75) is 46.3 Å². The second-order valence-electron chi connectivity index (χ2n) is 4.94. The molecule has 3 heteroatoms. The highest BCUT2D eigenvalue weighted by Gasteiger charge is 2.31. The van der Waals surface area contributed by atoms with Crippen LogP contribution in [0, 0.1) is 0 Å². The van der Waals surface area contributed by atoms with Crippen molar-refractivity contribution in [1.82, 2.24) is 0 Å². The Morgan fingerprint density at radius 2 is 1.89 bits per heavy atom. The number of rotatable bonds is 6. The summed E-state index contributed by atoms with van der Waals surface area (Å²) in [4.78, 5) is 12.5. The SMILES string of the molecule is CCOC(C)(C)C(=O)c1ccccc1OC(C)C. The summed E-state index contributed by atoms with van der Waals surface area (Å²) < 4.78 is 11.2. The van der Waals surface area contributed by atoms with Gasteiger partial charge in [-0.3, -0.25) is 4.79 Å². The van der Waals surface area contributed by atoms with E-state index in [0.29, 0.717) is 17.9 Å². The van der Waals surface area contributed by atoms with Gasteiger partial charge in [-0.2, -0.15) is 0 Å². The van der Waals surface area contributed by atoms with Gasteiger partial charge in [-0.15, -0.1) is 0 Å². The summed E-state index contributed by atoms with van der Waals surface area (Å²) in [6.45, 7) is 9.83. The zero-order chi connectivity index (χ0) is 13.8. The molecule has 0 amide bonds. The first-order valence-corrected chi connectivity index (χ1v) is 6.33. The van der Waals surface area contributed by atoms with Crippen LogP contribution < -0.4 is 4.74 Å². The summed E-state index contributed by atoms with van der Waals surface area (Å²) in [5, 5.41) is 0. The quantitative estimate of drug-likeness (QED) is 0.725. The molecule has 1 aromatic carbocycles. The van der Waals surface area contributed by atoms with Crippen LogP contribution in [0.25, 0.3) is 0 Å². The average Bonchev–Trinajstić information content (AvgIpc) is 2.28. The molecule has 0 aliphatic carbocycles. The maximum Gasteiger partial charge on any atom is 0.197 e. The monoisotopic (exact) mass is 250 g/mol. The number of Topliss-reactive ketones (excluding diaryl/α,β-unsaturated/α-hetero) is 1. The van der Waals surface area contributed by atoms with E-state index in [2.05, 4.69) is 0 Å². The van der Waals surface area contributed by atoms with Gasteiger partial charge in [0.1, 0.15) is 11.4 Å². The molecular weight excluding hydrogens is 228 g/mol. The van der Waals surface area contributed by atoms with E-state index in [1.807, 2.05) is 39.0 Å². The fourth-order valence-electron chi connectivity index (χ4n) is 1.76. The van der Waals surface area contributed by atoms with Crippen LogP contribution in [0.3, 0.4) is 0 Å². The van der Waals surface area contributed by atoms with Gasteiger partial charge in [-0.05, 0) is 46.8 Å². The van der Waals surface area contributed by atoms with Crippen LogP contribution >= 0.6 is 0 Å². The Hall–Kier alpha value is -1.35. The molecule has 0 bridgehead atoms. The zero-order valence-corrected chi connectivity index (χ0v) is 11.8. The van der Waals surface area contributed by atoms with Gasteiger partial charge in [0.2, 0.25) is 0 Å². The molecule has 1 aromatic rings. The van der Waals surface area contributed by atoms with E-state index in [9.17, 15) is 4.79 Å². The van der Waals surface area contributed by atoms with Crippen molar-refractivity contribution in [2.75, 3.05) is 6.61 Å². The molecule has 0 atom stereocenters. The third-order valence-corrected chi connectivity index (χ3v) is 2.55. The third-order valence-electron chi connectivity index (χ3n) is 2.55. The van der Waals surface area contributed by atoms with Crippen molar-refractivity contribution < 1.29 is 14.3 Å². The lowest BCUT2D eigenvalue weighted by molar-refractivity contribution is 0.000952. The van der Waals surface area contributed by atoms with Gasteiger partial charge in [-0.1, -0.05) is 12.1 Å². The number of ether oxygens (including phenoxy) is 2. The summed E-state index contributed by atoms with van der Waals surface area (Å²) in [6.07, 6.45) is 0.0363. The molecule has 0 saturated carbocycles. The van der Waals surface area contributed by atoms with E-state index in [1.54, 1.807) is 19.9 Å². The Bertz CT molecular complexity index is 408. The van der Waals surface area contributed by atoms with Gasteiger partial charge in [-0.25, -0.2) is 0 Å². The zero-order valence-electron chi connectivity index (χ0n) is 11.8. The molecule has 0 fully saturated rings. The topological polar surface area (TPSA) is 35.5 Å². The van der Waals surface area contributed by atoms with Gasteiger partial charge < -0.3 is 9.47 Å². The van der Waals surface area contributed by atoms with E-state index < -0.39 is 5.60 Å². The first-order chi connectivity index (χ1) is 8.38. The van der Waals surface area contributed by atoms with E-state index in [-0.39, 0.29) is 11.9 Å². The fraction of sp³-hybridized carbons (Fsp3) is 0.533. The first kappa shape index (κ1) is 14.7. The third kappa shape index (κ3) is 3.57. The predicted octanol–water partition coefficient (Wildman–Crippen LogP) is 3.47. The number of hydrogen-bond acceptors (Lipinski definition) is 3. The van der Waals surface area contributed by atoms with Crippen molar-refractivity contribution >= 4 is 5.78 Å². The minimum atomic E-state index is -0.828. The Morgan fingerprint density at radius 3 is 2.44 bits per heavy atom. The van der Waals surface area contributed by atoms with Gasteiger partial charge in [0.15, 0.2) is 5.78 Å². The smallest absolute Gasteiger partial charge is 0.197 e. The van der Waals surface area contributed by atoms with Crippen molar-refractivity contribution in [3.63, 3.8) is 0 Å². The van der Waals surface area contributed by atoms with E-state index in [1.165, 1.54) is 0 Å². The van der Waals surface area contributed by atoms with Crippen LogP contribution in [0.4, 0.5) is 0 Å². The highest BCUT2D eigenvalue weighted by Crippen LogP contribution is 2.25. The lowest BCUT2D eigenvalue weighted by atomic mass is 9.95. The summed E-state index contributed by atoms with van der Waals surface area (Å²) in [5.74, 6) is 0.561. The van der Waals surface area contributed by atoms with Crippen LogP contribution in [0.15, 0.2) is 24.3 Å². The van der Waals surface area contributed by atoms with Crippen LogP contribution in [0.1, 0.15) is 45.0 Å². The Kier molecular flexibility index (Phi) is 4.91. The highest BCUT2D eigenvalue weighted by atomic mass is 16.5. The second kappa shape index (κ2) is 6.01. The number of benzene rings is 1. The average molecular weight is 250 g/mol. The molecule has 3 nitrogen and oxygen atoms in total. The first-order valence-electron chi connectivity index (χ1n) is 6.33. The Balaban J connectivity index is 3.05. The second-order valence-corrected chi connectivity index (χ2v) is 4.94. The van der Waals surface area contributed by atoms with Crippen LogP contribution in [0.2, 0.25) is 0 Å². The lowest BCUT2D eigenvalue weighted by Gasteiger charge is -2.24. The van der Waals surface area contributed by atoms with Crippen LogP contribution in [-0.4, -0.2) is 24.1 Å². The number of ketones is 1. The maximum atomic E-state index is 12.5. The molecule has 100 valence electrons. The molecular formula is C15H22O3. The standard InChI is InChI=1S/C15H22O3/c1-6-17-15(4,5)14(16)12-9-7-8-10-13(12)18-11(2)3/h7-11H,6H2,1-5H3.